The molecule has 2 amide bonds. The van der Waals surface area contributed by atoms with Gasteiger partial charge in [0.05, 0.1) is 18.2 Å². The number of ether oxygens (including phenoxy) is 1. The fraction of sp³-hybridized carbons (Fsp3) is 0.222. The van der Waals surface area contributed by atoms with Crippen molar-refractivity contribution in [2.45, 2.75) is 19.3 Å². The third-order valence-electron chi connectivity index (χ3n) is 3.78. The van der Waals surface area contributed by atoms with Gasteiger partial charge >= 0.3 is 6.09 Å². The lowest BCUT2D eigenvalue weighted by atomic mass is 9.83. The zero-order valence-electron chi connectivity index (χ0n) is 14.0. The number of hydrogen-bond acceptors (Lipinski definition) is 3. The van der Waals surface area contributed by atoms with Crippen molar-refractivity contribution >= 4 is 39.3 Å². The van der Waals surface area contributed by atoms with E-state index in [4.69, 9.17) is 0 Å². The predicted molar refractivity (Wildman–Crippen MR) is 98.2 cm³/mol. The van der Waals surface area contributed by atoms with Crippen LogP contribution in [0.5, 0.6) is 0 Å². The maximum absolute atomic E-state index is 13.8. The smallest absolute Gasteiger partial charge is 0.411 e. The fourth-order valence-electron chi connectivity index (χ4n) is 2.14. The van der Waals surface area contributed by atoms with Crippen LogP contribution in [0.25, 0.3) is 0 Å². The molecule has 2 rings (SSSR count). The molecule has 5 nitrogen and oxygen atoms in total. The first-order valence-corrected chi connectivity index (χ1v) is 8.25. The van der Waals surface area contributed by atoms with Gasteiger partial charge in [0.2, 0.25) is 5.91 Å². The molecule has 7 heteroatoms. The van der Waals surface area contributed by atoms with Crippen LogP contribution in [0.1, 0.15) is 19.4 Å². The summed E-state index contributed by atoms with van der Waals surface area (Å²) in [6.45, 7) is 3.59. The maximum atomic E-state index is 13.8. The van der Waals surface area contributed by atoms with Gasteiger partial charge in [-0.05, 0) is 49.7 Å². The summed E-state index contributed by atoms with van der Waals surface area (Å²) in [5, 5.41) is 5.00. The molecule has 132 valence electrons. The molecule has 0 aliphatic carbocycles. The van der Waals surface area contributed by atoms with E-state index in [0.29, 0.717) is 5.69 Å². The van der Waals surface area contributed by atoms with Crippen LogP contribution >= 0.6 is 15.9 Å². The minimum absolute atomic E-state index is 0.0777. The Kier molecular flexibility index (Phi) is 5.79. The van der Waals surface area contributed by atoms with Crippen LogP contribution in [0.2, 0.25) is 0 Å². The fourth-order valence-corrected chi connectivity index (χ4v) is 2.41. The van der Waals surface area contributed by atoms with Crippen LogP contribution in [0.15, 0.2) is 46.9 Å². The van der Waals surface area contributed by atoms with Gasteiger partial charge in [-0.2, -0.15) is 0 Å². The van der Waals surface area contributed by atoms with Gasteiger partial charge in [0, 0.05) is 10.2 Å². The molecular formula is C18H18BrFN2O3. The Morgan fingerprint density at radius 3 is 2.32 bits per heavy atom. The second-order valence-electron chi connectivity index (χ2n) is 5.90. The molecule has 0 aromatic heterocycles. The second-order valence-corrected chi connectivity index (χ2v) is 6.81. The molecule has 0 unspecified atom stereocenters. The van der Waals surface area contributed by atoms with Crippen molar-refractivity contribution < 1.29 is 18.7 Å². The summed E-state index contributed by atoms with van der Waals surface area (Å²) in [5.74, 6) is -0.888. The molecule has 0 atom stereocenters. The highest BCUT2D eigenvalue weighted by Crippen LogP contribution is 2.27. The van der Waals surface area contributed by atoms with E-state index in [1.165, 1.54) is 19.2 Å². The number of rotatable bonds is 4. The Labute approximate surface area is 153 Å². The summed E-state index contributed by atoms with van der Waals surface area (Å²) in [6.07, 6.45) is -0.794. The SMILES string of the molecule is COC(=O)Nc1cc(NC(=O)C(C)(C)c2ccc(Br)cc2)ccc1F. The first kappa shape index (κ1) is 18.9. The molecule has 0 aliphatic rings. The highest BCUT2D eigenvalue weighted by molar-refractivity contribution is 9.10. The first-order valence-electron chi connectivity index (χ1n) is 7.46. The number of carbonyl (C=O) groups is 2. The number of hydrogen-bond donors (Lipinski definition) is 2. The van der Waals surface area contributed by atoms with Crippen molar-refractivity contribution in [1.82, 2.24) is 0 Å². The van der Waals surface area contributed by atoms with E-state index in [0.717, 1.165) is 16.1 Å². The highest BCUT2D eigenvalue weighted by atomic mass is 79.9. The predicted octanol–water partition coefficient (Wildman–Crippen LogP) is 4.68. The molecule has 0 saturated carbocycles. The van der Waals surface area contributed by atoms with E-state index in [-0.39, 0.29) is 11.6 Å². The minimum atomic E-state index is -0.801. The minimum Gasteiger partial charge on any atom is -0.453 e. The zero-order chi connectivity index (χ0) is 18.6. The van der Waals surface area contributed by atoms with E-state index in [1.54, 1.807) is 13.8 Å². The summed E-state index contributed by atoms with van der Waals surface area (Å²) in [4.78, 5) is 23.9. The van der Waals surface area contributed by atoms with E-state index >= 15 is 0 Å². The zero-order valence-corrected chi connectivity index (χ0v) is 15.6. The topological polar surface area (TPSA) is 67.4 Å². The van der Waals surface area contributed by atoms with Crippen LogP contribution in [0.3, 0.4) is 0 Å². The van der Waals surface area contributed by atoms with E-state index in [9.17, 15) is 14.0 Å². The van der Waals surface area contributed by atoms with Gasteiger partial charge in [-0.25, -0.2) is 9.18 Å². The molecule has 0 saturated heterocycles. The van der Waals surface area contributed by atoms with E-state index in [2.05, 4.69) is 31.3 Å². The summed E-state index contributed by atoms with van der Waals surface area (Å²) >= 11 is 3.36. The Morgan fingerprint density at radius 2 is 1.72 bits per heavy atom. The lowest BCUT2D eigenvalue weighted by Crippen LogP contribution is -2.34. The van der Waals surface area contributed by atoms with Crippen molar-refractivity contribution in [3.63, 3.8) is 0 Å². The lowest BCUT2D eigenvalue weighted by Gasteiger charge is -2.24. The standard InChI is InChI=1S/C18H18BrFN2O3/c1-18(2,11-4-6-12(19)7-5-11)16(23)21-13-8-9-14(20)15(10-13)22-17(24)25-3/h4-10H,1-3H3,(H,21,23)(H,22,24). The summed E-state index contributed by atoms with van der Waals surface area (Å²) in [5.41, 5.74) is 0.322. The summed E-state index contributed by atoms with van der Waals surface area (Å²) < 4.78 is 19.1. The number of amides is 2. The number of methoxy groups -OCH3 is 1. The molecule has 0 bridgehead atoms. The van der Waals surface area contributed by atoms with Gasteiger partial charge in [-0.15, -0.1) is 0 Å². The number of anilines is 2. The molecule has 0 heterocycles. The van der Waals surface area contributed by atoms with Crippen molar-refractivity contribution in [3.8, 4) is 0 Å². The molecule has 2 aromatic rings. The largest absolute Gasteiger partial charge is 0.453 e. The Bertz CT molecular complexity index is 791. The maximum Gasteiger partial charge on any atom is 0.411 e. The summed E-state index contributed by atoms with van der Waals surface area (Å²) in [6, 6.07) is 11.4. The Hall–Kier alpha value is -2.41. The van der Waals surface area contributed by atoms with E-state index in [1.807, 2.05) is 24.3 Å². The number of carbonyl (C=O) groups excluding carboxylic acids is 2. The second kappa shape index (κ2) is 7.65. The average Bonchev–Trinajstić information content (AvgIpc) is 2.58. The van der Waals surface area contributed by atoms with Crippen LogP contribution in [-0.2, 0) is 14.9 Å². The monoisotopic (exact) mass is 408 g/mol. The van der Waals surface area contributed by atoms with Crippen LogP contribution < -0.4 is 10.6 Å². The van der Waals surface area contributed by atoms with Crippen LogP contribution in [-0.4, -0.2) is 19.1 Å². The molecule has 2 aromatic carbocycles. The first-order chi connectivity index (χ1) is 11.7. The molecule has 2 N–H and O–H groups in total. The Balaban J connectivity index is 2.20. The van der Waals surface area contributed by atoms with Gasteiger partial charge < -0.3 is 10.1 Å². The molecule has 25 heavy (non-hydrogen) atoms. The third-order valence-corrected chi connectivity index (χ3v) is 4.31. The van der Waals surface area contributed by atoms with Crippen molar-refractivity contribution in [2.24, 2.45) is 0 Å². The van der Waals surface area contributed by atoms with Gasteiger partial charge in [0.15, 0.2) is 0 Å². The van der Waals surface area contributed by atoms with Gasteiger partial charge in [-0.3, -0.25) is 10.1 Å². The third kappa shape index (κ3) is 4.57. The molecule has 0 fully saturated rings. The molecule has 0 aliphatic heterocycles. The van der Waals surface area contributed by atoms with Gasteiger partial charge in [-0.1, -0.05) is 28.1 Å². The number of halogens is 2. The van der Waals surface area contributed by atoms with Crippen molar-refractivity contribution in [3.05, 3.63) is 58.3 Å². The highest BCUT2D eigenvalue weighted by Gasteiger charge is 2.30. The molecule has 0 spiro atoms. The number of nitrogens with one attached hydrogen (secondary N) is 2. The van der Waals surface area contributed by atoms with Crippen molar-refractivity contribution in [2.75, 3.05) is 17.7 Å². The van der Waals surface area contributed by atoms with Crippen molar-refractivity contribution in [1.29, 1.82) is 0 Å². The molecule has 0 radical (unpaired) electrons. The molecular weight excluding hydrogens is 391 g/mol. The van der Waals surface area contributed by atoms with Gasteiger partial charge in [0.1, 0.15) is 5.82 Å². The summed E-state index contributed by atoms with van der Waals surface area (Å²) in [7, 11) is 1.18. The normalized spacial score (nSPS) is 10.9. The van der Waals surface area contributed by atoms with Gasteiger partial charge in [0.25, 0.3) is 0 Å². The van der Waals surface area contributed by atoms with Crippen LogP contribution in [0, 0.1) is 5.82 Å². The quantitative estimate of drug-likeness (QED) is 0.771. The van der Waals surface area contributed by atoms with Crippen LogP contribution in [0.4, 0.5) is 20.6 Å². The lowest BCUT2D eigenvalue weighted by molar-refractivity contribution is -0.120. The Morgan fingerprint density at radius 1 is 1.08 bits per heavy atom. The average molecular weight is 409 g/mol. The number of benzene rings is 2. The van der Waals surface area contributed by atoms with E-state index < -0.39 is 17.3 Å².